The van der Waals surface area contributed by atoms with Crippen molar-refractivity contribution in [3.63, 3.8) is 0 Å². The maximum atomic E-state index is 12.2. The lowest BCUT2D eigenvalue weighted by molar-refractivity contribution is -0.149. The van der Waals surface area contributed by atoms with Crippen molar-refractivity contribution in [2.75, 3.05) is 52.4 Å². The van der Waals surface area contributed by atoms with E-state index in [0.717, 1.165) is 32.7 Å². The standard InChI is InChI=1S/C14H28F3N3/c1-2-3-4-5-6-18-7-8-19-9-11-20(12-10-19)13-14(15,16)17/h18H,2-13H2,1H3. The van der Waals surface area contributed by atoms with Crippen molar-refractivity contribution in [1.82, 2.24) is 15.1 Å². The van der Waals surface area contributed by atoms with Gasteiger partial charge in [-0.3, -0.25) is 9.80 Å². The van der Waals surface area contributed by atoms with Gasteiger partial charge in [0, 0.05) is 39.3 Å². The van der Waals surface area contributed by atoms with Gasteiger partial charge in [0.1, 0.15) is 0 Å². The second kappa shape index (κ2) is 9.58. The summed E-state index contributed by atoms with van der Waals surface area (Å²) in [7, 11) is 0. The van der Waals surface area contributed by atoms with Gasteiger partial charge >= 0.3 is 6.18 Å². The molecule has 1 rings (SSSR count). The smallest absolute Gasteiger partial charge is 0.315 e. The number of hydrogen-bond donors (Lipinski definition) is 1. The predicted octanol–water partition coefficient (Wildman–Crippen LogP) is 2.34. The van der Waals surface area contributed by atoms with Crippen molar-refractivity contribution >= 4 is 0 Å². The summed E-state index contributed by atoms with van der Waals surface area (Å²) in [6.45, 7) is 6.89. The summed E-state index contributed by atoms with van der Waals surface area (Å²) < 4.78 is 36.7. The minimum atomic E-state index is -4.07. The molecule has 0 aliphatic carbocycles. The molecular formula is C14H28F3N3. The van der Waals surface area contributed by atoms with Gasteiger partial charge in [0.05, 0.1) is 6.54 Å². The molecule has 0 spiro atoms. The summed E-state index contributed by atoms with van der Waals surface area (Å²) in [5.41, 5.74) is 0. The molecule has 0 unspecified atom stereocenters. The Morgan fingerprint density at radius 1 is 0.900 bits per heavy atom. The molecule has 0 aromatic carbocycles. The molecule has 0 saturated carbocycles. The Hall–Kier alpha value is -0.330. The maximum absolute atomic E-state index is 12.2. The Kier molecular flexibility index (Phi) is 8.49. The molecule has 1 saturated heterocycles. The van der Waals surface area contributed by atoms with Crippen molar-refractivity contribution in [1.29, 1.82) is 0 Å². The maximum Gasteiger partial charge on any atom is 0.401 e. The lowest BCUT2D eigenvalue weighted by Crippen LogP contribution is -2.50. The molecule has 0 amide bonds. The van der Waals surface area contributed by atoms with Gasteiger partial charge in [-0.25, -0.2) is 0 Å². The summed E-state index contributed by atoms with van der Waals surface area (Å²) >= 11 is 0. The number of piperazine rings is 1. The molecule has 6 heteroatoms. The largest absolute Gasteiger partial charge is 0.401 e. The number of rotatable bonds is 9. The summed E-state index contributed by atoms with van der Waals surface area (Å²) in [6, 6.07) is 0. The molecule has 1 heterocycles. The lowest BCUT2D eigenvalue weighted by Gasteiger charge is -2.34. The molecule has 0 atom stereocenters. The van der Waals surface area contributed by atoms with Crippen LogP contribution in [0.1, 0.15) is 32.6 Å². The van der Waals surface area contributed by atoms with Crippen LogP contribution in [0.25, 0.3) is 0 Å². The van der Waals surface area contributed by atoms with Crippen LogP contribution >= 0.6 is 0 Å². The van der Waals surface area contributed by atoms with E-state index >= 15 is 0 Å². The van der Waals surface area contributed by atoms with E-state index < -0.39 is 12.7 Å². The highest BCUT2D eigenvalue weighted by Crippen LogP contribution is 2.17. The Morgan fingerprint density at radius 3 is 2.15 bits per heavy atom. The SMILES string of the molecule is CCCCCCNCCN1CCN(CC(F)(F)F)CC1. The first-order chi connectivity index (χ1) is 9.51. The van der Waals surface area contributed by atoms with Crippen LogP contribution in [0.4, 0.5) is 13.2 Å². The van der Waals surface area contributed by atoms with Crippen LogP contribution in [0.2, 0.25) is 0 Å². The Morgan fingerprint density at radius 2 is 1.55 bits per heavy atom. The van der Waals surface area contributed by atoms with E-state index in [-0.39, 0.29) is 0 Å². The van der Waals surface area contributed by atoms with E-state index in [1.54, 1.807) is 0 Å². The molecule has 1 fully saturated rings. The Balaban J connectivity index is 1.97. The number of halogens is 3. The van der Waals surface area contributed by atoms with Crippen molar-refractivity contribution in [2.45, 2.75) is 38.8 Å². The zero-order valence-corrected chi connectivity index (χ0v) is 12.5. The quantitative estimate of drug-likeness (QED) is 0.659. The number of nitrogens with one attached hydrogen (secondary N) is 1. The highest BCUT2D eigenvalue weighted by molar-refractivity contribution is 4.74. The molecule has 1 N–H and O–H groups in total. The van der Waals surface area contributed by atoms with Crippen LogP contribution in [0, 0.1) is 0 Å². The van der Waals surface area contributed by atoms with Gasteiger partial charge in [0.25, 0.3) is 0 Å². The molecule has 1 aliphatic heterocycles. The topological polar surface area (TPSA) is 18.5 Å². The van der Waals surface area contributed by atoms with Gasteiger partial charge < -0.3 is 5.32 Å². The summed E-state index contributed by atoms with van der Waals surface area (Å²) in [6.07, 6.45) is 0.972. The van der Waals surface area contributed by atoms with Gasteiger partial charge in [-0.15, -0.1) is 0 Å². The van der Waals surface area contributed by atoms with E-state index in [9.17, 15) is 13.2 Å². The molecular weight excluding hydrogens is 267 g/mol. The predicted molar refractivity (Wildman–Crippen MR) is 75.9 cm³/mol. The lowest BCUT2D eigenvalue weighted by atomic mass is 10.2. The molecule has 0 aromatic heterocycles. The van der Waals surface area contributed by atoms with Gasteiger partial charge in [0.2, 0.25) is 0 Å². The highest BCUT2D eigenvalue weighted by Gasteiger charge is 2.31. The number of alkyl halides is 3. The molecule has 20 heavy (non-hydrogen) atoms. The van der Waals surface area contributed by atoms with Crippen LogP contribution in [0.3, 0.4) is 0 Å². The van der Waals surface area contributed by atoms with Gasteiger partial charge in [0.15, 0.2) is 0 Å². The highest BCUT2D eigenvalue weighted by atomic mass is 19.4. The average molecular weight is 295 g/mol. The van der Waals surface area contributed by atoms with Crippen LogP contribution in [-0.2, 0) is 0 Å². The first kappa shape index (κ1) is 17.7. The first-order valence-corrected chi connectivity index (χ1v) is 7.73. The molecule has 120 valence electrons. The fourth-order valence-corrected chi connectivity index (χ4v) is 2.46. The number of nitrogens with zero attached hydrogens (tertiary/aromatic N) is 2. The van der Waals surface area contributed by atoms with Crippen LogP contribution in [0.15, 0.2) is 0 Å². The summed E-state index contributed by atoms with van der Waals surface area (Å²) in [5, 5.41) is 3.41. The fourth-order valence-electron chi connectivity index (χ4n) is 2.46. The van der Waals surface area contributed by atoms with Crippen molar-refractivity contribution in [2.24, 2.45) is 0 Å². The van der Waals surface area contributed by atoms with Gasteiger partial charge in [-0.05, 0) is 13.0 Å². The summed E-state index contributed by atoms with van der Waals surface area (Å²) in [4.78, 5) is 3.74. The van der Waals surface area contributed by atoms with E-state index in [0.29, 0.717) is 13.1 Å². The number of hydrogen-bond acceptors (Lipinski definition) is 3. The Bertz CT molecular complexity index is 238. The van der Waals surface area contributed by atoms with E-state index in [4.69, 9.17) is 0 Å². The zero-order chi connectivity index (χ0) is 14.8. The fraction of sp³-hybridized carbons (Fsp3) is 1.00. The second-order valence-electron chi connectivity index (χ2n) is 5.54. The van der Waals surface area contributed by atoms with Crippen molar-refractivity contribution in [3.05, 3.63) is 0 Å². The third kappa shape index (κ3) is 8.76. The second-order valence-corrected chi connectivity index (χ2v) is 5.54. The minimum Gasteiger partial charge on any atom is -0.315 e. The van der Waals surface area contributed by atoms with Crippen LogP contribution in [0.5, 0.6) is 0 Å². The zero-order valence-electron chi connectivity index (χ0n) is 12.5. The Labute approximate surface area is 120 Å². The number of unbranched alkanes of at least 4 members (excludes halogenated alkanes) is 3. The van der Waals surface area contributed by atoms with Crippen molar-refractivity contribution in [3.8, 4) is 0 Å². The van der Waals surface area contributed by atoms with Crippen LogP contribution in [-0.4, -0.2) is 68.3 Å². The average Bonchev–Trinajstić information content (AvgIpc) is 2.38. The monoisotopic (exact) mass is 295 g/mol. The van der Waals surface area contributed by atoms with Gasteiger partial charge in [-0.1, -0.05) is 26.2 Å². The third-order valence-corrected chi connectivity index (χ3v) is 3.68. The summed E-state index contributed by atoms with van der Waals surface area (Å²) in [5.74, 6) is 0. The van der Waals surface area contributed by atoms with Crippen molar-refractivity contribution < 1.29 is 13.2 Å². The van der Waals surface area contributed by atoms with Crippen LogP contribution < -0.4 is 5.32 Å². The molecule has 0 radical (unpaired) electrons. The van der Waals surface area contributed by atoms with E-state index in [1.807, 2.05) is 0 Å². The minimum absolute atomic E-state index is 0.524. The third-order valence-electron chi connectivity index (χ3n) is 3.68. The van der Waals surface area contributed by atoms with E-state index in [2.05, 4.69) is 17.1 Å². The normalized spacial score (nSPS) is 18.6. The first-order valence-electron chi connectivity index (χ1n) is 7.73. The molecule has 3 nitrogen and oxygen atoms in total. The molecule has 0 aromatic rings. The van der Waals surface area contributed by atoms with Gasteiger partial charge in [-0.2, -0.15) is 13.2 Å². The molecule has 0 bridgehead atoms. The molecule has 1 aliphatic rings. The van der Waals surface area contributed by atoms with E-state index in [1.165, 1.54) is 30.6 Å².